The summed E-state index contributed by atoms with van der Waals surface area (Å²) in [5, 5.41) is 3.50. The number of benzene rings is 1. The molecule has 2 heteroatoms. The van der Waals surface area contributed by atoms with E-state index in [1.165, 1.54) is 40.5 Å². The van der Waals surface area contributed by atoms with E-state index in [-0.39, 0.29) is 0 Å². The molecule has 0 aromatic heterocycles. The second-order valence-corrected chi connectivity index (χ2v) is 4.93. The molecule has 0 saturated heterocycles. The van der Waals surface area contributed by atoms with Crippen molar-refractivity contribution in [2.75, 3.05) is 11.9 Å². The van der Waals surface area contributed by atoms with E-state index in [0.29, 0.717) is 0 Å². The maximum atomic E-state index is 3.60. The van der Waals surface area contributed by atoms with E-state index in [1.54, 1.807) is 0 Å². The summed E-state index contributed by atoms with van der Waals surface area (Å²) in [6, 6.07) is 4.38. The lowest BCUT2D eigenvalue weighted by Gasteiger charge is -2.12. The molecule has 0 fully saturated rings. The largest absolute Gasteiger partial charge is 0.384 e. The molecule has 0 aliphatic heterocycles. The number of unbranched alkanes of at least 4 members (excludes halogenated alkanes) is 2. The third-order valence-electron chi connectivity index (χ3n) is 2.51. The Balaban J connectivity index is 2.60. The maximum absolute atomic E-state index is 3.60. The minimum atomic E-state index is 1.07. The lowest BCUT2D eigenvalue weighted by atomic mass is 10.1. The van der Waals surface area contributed by atoms with Gasteiger partial charge in [-0.25, -0.2) is 0 Å². The van der Waals surface area contributed by atoms with Crippen LogP contribution in [0.15, 0.2) is 16.6 Å². The first-order chi connectivity index (χ1) is 7.15. The zero-order chi connectivity index (χ0) is 11.3. The van der Waals surface area contributed by atoms with E-state index in [9.17, 15) is 0 Å². The monoisotopic (exact) mass is 269 g/mol. The summed E-state index contributed by atoms with van der Waals surface area (Å²) in [5.41, 5.74) is 3.87. The highest BCUT2D eigenvalue weighted by Gasteiger charge is 2.03. The van der Waals surface area contributed by atoms with Crippen molar-refractivity contribution >= 4 is 21.6 Å². The van der Waals surface area contributed by atoms with Gasteiger partial charge in [0.25, 0.3) is 0 Å². The van der Waals surface area contributed by atoms with Crippen LogP contribution in [0.4, 0.5) is 5.69 Å². The quantitative estimate of drug-likeness (QED) is 0.767. The average molecular weight is 270 g/mol. The van der Waals surface area contributed by atoms with Crippen LogP contribution in [-0.4, -0.2) is 6.54 Å². The van der Waals surface area contributed by atoms with Gasteiger partial charge in [0, 0.05) is 11.0 Å². The Morgan fingerprint density at radius 1 is 1.20 bits per heavy atom. The van der Waals surface area contributed by atoms with Gasteiger partial charge in [-0.1, -0.05) is 25.8 Å². The summed E-state index contributed by atoms with van der Waals surface area (Å²) in [6.07, 6.45) is 3.82. The van der Waals surface area contributed by atoms with Crippen LogP contribution in [0.2, 0.25) is 0 Å². The fourth-order valence-corrected chi connectivity index (χ4v) is 2.54. The topological polar surface area (TPSA) is 12.0 Å². The van der Waals surface area contributed by atoms with Gasteiger partial charge in [0.1, 0.15) is 0 Å². The number of rotatable bonds is 5. The summed E-state index contributed by atoms with van der Waals surface area (Å²) in [6.45, 7) is 7.57. The highest BCUT2D eigenvalue weighted by atomic mass is 79.9. The Morgan fingerprint density at radius 2 is 1.93 bits per heavy atom. The third-order valence-corrected chi connectivity index (χ3v) is 3.14. The van der Waals surface area contributed by atoms with Crippen molar-refractivity contribution in [3.05, 3.63) is 27.7 Å². The zero-order valence-electron chi connectivity index (χ0n) is 9.86. The SMILES string of the molecule is CCCCCNc1c(C)cc(C)cc1Br. The fourth-order valence-electron chi connectivity index (χ4n) is 1.73. The van der Waals surface area contributed by atoms with Crippen LogP contribution >= 0.6 is 15.9 Å². The van der Waals surface area contributed by atoms with Crippen LogP contribution in [0, 0.1) is 13.8 Å². The molecule has 0 radical (unpaired) electrons. The van der Waals surface area contributed by atoms with Gasteiger partial charge >= 0.3 is 0 Å². The number of hydrogen-bond donors (Lipinski definition) is 1. The Labute approximate surface area is 101 Å². The predicted octanol–water partition coefficient (Wildman–Crippen LogP) is 4.67. The van der Waals surface area contributed by atoms with E-state index in [4.69, 9.17) is 0 Å². The maximum Gasteiger partial charge on any atom is 0.0514 e. The molecule has 0 unspecified atom stereocenters. The highest BCUT2D eigenvalue weighted by Crippen LogP contribution is 2.27. The minimum absolute atomic E-state index is 1.07. The molecule has 0 bridgehead atoms. The van der Waals surface area contributed by atoms with Crippen LogP contribution in [0.1, 0.15) is 37.3 Å². The van der Waals surface area contributed by atoms with Crippen LogP contribution < -0.4 is 5.32 Å². The smallest absolute Gasteiger partial charge is 0.0514 e. The summed E-state index contributed by atoms with van der Waals surface area (Å²) in [7, 11) is 0. The van der Waals surface area contributed by atoms with E-state index < -0.39 is 0 Å². The molecule has 0 aliphatic carbocycles. The van der Waals surface area contributed by atoms with Gasteiger partial charge in [-0.2, -0.15) is 0 Å². The molecule has 0 amide bonds. The lowest BCUT2D eigenvalue weighted by molar-refractivity contribution is 0.743. The van der Waals surface area contributed by atoms with Crippen molar-refractivity contribution in [3.8, 4) is 0 Å². The van der Waals surface area contributed by atoms with Gasteiger partial charge in [-0.3, -0.25) is 0 Å². The normalized spacial score (nSPS) is 10.4. The molecule has 0 heterocycles. The molecular formula is C13H20BrN. The van der Waals surface area contributed by atoms with Gasteiger partial charge in [0.05, 0.1) is 5.69 Å². The van der Waals surface area contributed by atoms with Crippen molar-refractivity contribution in [2.24, 2.45) is 0 Å². The number of anilines is 1. The van der Waals surface area contributed by atoms with Gasteiger partial charge in [0.15, 0.2) is 0 Å². The number of aryl methyl sites for hydroxylation is 2. The Kier molecular flexibility index (Phi) is 5.16. The van der Waals surface area contributed by atoms with Crippen molar-refractivity contribution in [3.63, 3.8) is 0 Å². The first-order valence-electron chi connectivity index (χ1n) is 5.65. The van der Waals surface area contributed by atoms with Crippen molar-refractivity contribution in [1.29, 1.82) is 0 Å². The summed E-state index contributed by atoms with van der Waals surface area (Å²) >= 11 is 3.60. The van der Waals surface area contributed by atoms with Gasteiger partial charge in [0.2, 0.25) is 0 Å². The van der Waals surface area contributed by atoms with Crippen LogP contribution in [0.25, 0.3) is 0 Å². The van der Waals surface area contributed by atoms with Gasteiger partial charge < -0.3 is 5.32 Å². The van der Waals surface area contributed by atoms with Crippen molar-refractivity contribution < 1.29 is 0 Å². The third kappa shape index (κ3) is 3.86. The summed E-state index contributed by atoms with van der Waals surface area (Å²) in [5.74, 6) is 0. The minimum Gasteiger partial charge on any atom is -0.384 e. The molecule has 15 heavy (non-hydrogen) atoms. The Hall–Kier alpha value is -0.500. The van der Waals surface area contributed by atoms with Crippen molar-refractivity contribution in [1.82, 2.24) is 0 Å². The molecule has 84 valence electrons. The number of halogens is 1. The molecule has 1 N–H and O–H groups in total. The molecule has 0 atom stereocenters. The highest BCUT2D eigenvalue weighted by molar-refractivity contribution is 9.10. The molecule has 1 aromatic rings. The van der Waals surface area contributed by atoms with E-state index >= 15 is 0 Å². The van der Waals surface area contributed by atoms with Crippen LogP contribution in [-0.2, 0) is 0 Å². The lowest BCUT2D eigenvalue weighted by Crippen LogP contribution is -2.03. The standard InChI is InChI=1S/C13H20BrN/c1-4-5-6-7-15-13-11(3)8-10(2)9-12(13)14/h8-9,15H,4-7H2,1-3H3. The number of nitrogens with one attached hydrogen (secondary N) is 1. The van der Waals surface area contributed by atoms with E-state index in [1.807, 2.05) is 0 Å². The fraction of sp³-hybridized carbons (Fsp3) is 0.538. The zero-order valence-corrected chi connectivity index (χ0v) is 11.4. The molecule has 0 aliphatic rings. The van der Waals surface area contributed by atoms with Crippen molar-refractivity contribution in [2.45, 2.75) is 40.0 Å². The predicted molar refractivity (Wildman–Crippen MR) is 71.6 cm³/mol. The van der Waals surface area contributed by atoms with E-state index in [0.717, 1.165) is 6.54 Å². The molecule has 1 aromatic carbocycles. The first-order valence-corrected chi connectivity index (χ1v) is 6.45. The molecular weight excluding hydrogens is 250 g/mol. The Bertz CT molecular complexity index is 297. The summed E-state index contributed by atoms with van der Waals surface area (Å²) in [4.78, 5) is 0. The second kappa shape index (κ2) is 6.16. The summed E-state index contributed by atoms with van der Waals surface area (Å²) < 4.78 is 1.18. The average Bonchev–Trinajstić information content (AvgIpc) is 2.15. The van der Waals surface area contributed by atoms with Crippen LogP contribution in [0.5, 0.6) is 0 Å². The van der Waals surface area contributed by atoms with Crippen LogP contribution in [0.3, 0.4) is 0 Å². The molecule has 1 nitrogen and oxygen atoms in total. The Morgan fingerprint density at radius 3 is 2.53 bits per heavy atom. The van der Waals surface area contributed by atoms with Gasteiger partial charge in [-0.05, 0) is 53.4 Å². The molecule has 0 saturated carbocycles. The van der Waals surface area contributed by atoms with Gasteiger partial charge in [-0.15, -0.1) is 0 Å². The molecule has 1 rings (SSSR count). The first kappa shape index (κ1) is 12.6. The number of hydrogen-bond acceptors (Lipinski definition) is 1. The molecule has 0 spiro atoms. The van der Waals surface area contributed by atoms with E-state index in [2.05, 4.69) is 54.2 Å². The second-order valence-electron chi connectivity index (χ2n) is 4.07.